The molecule has 1 saturated carbocycles. The van der Waals surface area contributed by atoms with E-state index >= 15 is 0 Å². The Balaban J connectivity index is 1.78. The minimum Gasteiger partial charge on any atom is -0.333 e. The maximum atomic E-state index is 13.5. The summed E-state index contributed by atoms with van der Waals surface area (Å²) in [7, 11) is 0. The van der Waals surface area contributed by atoms with E-state index in [0.29, 0.717) is 6.54 Å². The molecule has 1 N–H and O–H groups in total. The van der Waals surface area contributed by atoms with E-state index in [1.165, 1.54) is 18.9 Å². The van der Waals surface area contributed by atoms with Crippen LogP contribution in [-0.4, -0.2) is 30.4 Å². The van der Waals surface area contributed by atoms with Gasteiger partial charge in [-0.05, 0) is 30.5 Å². The molecule has 3 nitrogen and oxygen atoms in total. The maximum Gasteiger partial charge on any atom is 0.226 e. The molecular weight excluding hydrogens is 279 g/mol. The molecule has 0 bridgehead atoms. The molecular formula is C18H25FN2O. The van der Waals surface area contributed by atoms with E-state index in [1.807, 2.05) is 11.0 Å². The van der Waals surface area contributed by atoms with E-state index in [-0.39, 0.29) is 23.7 Å². The first-order chi connectivity index (χ1) is 10.8. The summed E-state index contributed by atoms with van der Waals surface area (Å²) in [6.45, 7) is 2.25. The Morgan fingerprint density at radius 3 is 2.68 bits per heavy atom. The van der Waals surface area contributed by atoms with E-state index in [4.69, 9.17) is 0 Å². The summed E-state index contributed by atoms with van der Waals surface area (Å²) in [5, 5.41) is 3.34. The highest BCUT2D eigenvalue weighted by Gasteiger charge is 2.32. The van der Waals surface area contributed by atoms with Crippen LogP contribution in [-0.2, 0) is 4.79 Å². The molecule has 2 fully saturated rings. The van der Waals surface area contributed by atoms with Gasteiger partial charge >= 0.3 is 0 Å². The van der Waals surface area contributed by atoms with Crippen LogP contribution in [0.4, 0.5) is 4.39 Å². The van der Waals surface area contributed by atoms with Gasteiger partial charge in [-0.15, -0.1) is 0 Å². The van der Waals surface area contributed by atoms with Crippen LogP contribution in [0.2, 0.25) is 0 Å². The smallest absolute Gasteiger partial charge is 0.226 e. The number of nitrogens with one attached hydrogen (secondary N) is 1. The quantitative estimate of drug-likeness (QED) is 0.851. The second-order valence-corrected chi connectivity index (χ2v) is 6.50. The fraction of sp³-hybridized carbons (Fsp3) is 0.611. The van der Waals surface area contributed by atoms with Crippen molar-refractivity contribution >= 4 is 5.91 Å². The van der Waals surface area contributed by atoms with Crippen LogP contribution in [0, 0.1) is 11.7 Å². The van der Waals surface area contributed by atoms with Crippen LogP contribution in [0.15, 0.2) is 24.3 Å². The van der Waals surface area contributed by atoms with Gasteiger partial charge in [0.15, 0.2) is 0 Å². The summed E-state index contributed by atoms with van der Waals surface area (Å²) in [4.78, 5) is 15.0. The van der Waals surface area contributed by atoms with Gasteiger partial charge in [-0.1, -0.05) is 37.8 Å². The summed E-state index contributed by atoms with van der Waals surface area (Å²) in [6, 6.07) is 6.63. The zero-order chi connectivity index (χ0) is 15.4. The maximum absolute atomic E-state index is 13.5. The molecule has 1 aromatic carbocycles. The molecule has 1 aliphatic carbocycles. The average Bonchev–Trinajstić information content (AvgIpc) is 2.83. The van der Waals surface area contributed by atoms with Crippen LogP contribution in [0.25, 0.3) is 0 Å². The first-order valence-electron chi connectivity index (χ1n) is 8.52. The van der Waals surface area contributed by atoms with Crippen LogP contribution >= 0.6 is 0 Å². The zero-order valence-electron chi connectivity index (χ0n) is 13.1. The molecule has 1 amide bonds. The summed E-state index contributed by atoms with van der Waals surface area (Å²) in [5.74, 6) is 0.208. The van der Waals surface area contributed by atoms with Crippen LogP contribution in [0.3, 0.4) is 0 Å². The third kappa shape index (κ3) is 3.49. The summed E-state index contributed by atoms with van der Waals surface area (Å²) in [5.41, 5.74) is 0.897. The fourth-order valence-electron chi connectivity index (χ4n) is 3.74. The number of carbonyl (C=O) groups is 1. The van der Waals surface area contributed by atoms with Crippen molar-refractivity contribution in [3.63, 3.8) is 0 Å². The second-order valence-electron chi connectivity index (χ2n) is 6.50. The van der Waals surface area contributed by atoms with Crippen molar-refractivity contribution in [2.24, 2.45) is 5.92 Å². The molecule has 1 saturated heterocycles. The van der Waals surface area contributed by atoms with Crippen molar-refractivity contribution < 1.29 is 9.18 Å². The van der Waals surface area contributed by atoms with Gasteiger partial charge in [0.05, 0.1) is 6.04 Å². The summed E-state index contributed by atoms with van der Waals surface area (Å²) < 4.78 is 13.5. The molecule has 1 heterocycles. The van der Waals surface area contributed by atoms with Gasteiger partial charge in [-0.25, -0.2) is 4.39 Å². The monoisotopic (exact) mass is 304 g/mol. The Morgan fingerprint density at radius 2 is 1.95 bits per heavy atom. The standard InChI is InChI=1S/C18H25FN2O/c19-16-9-5-8-15(12-16)17-13-20-10-11-21(17)18(22)14-6-3-1-2-4-7-14/h5,8-9,12,14,17,20H,1-4,6-7,10-11,13H2. The number of hydrogen-bond donors (Lipinski definition) is 1. The average molecular weight is 304 g/mol. The predicted octanol–water partition coefficient (Wildman–Crippen LogP) is 3.27. The normalized spacial score (nSPS) is 24.0. The highest BCUT2D eigenvalue weighted by Crippen LogP contribution is 2.29. The lowest BCUT2D eigenvalue weighted by molar-refractivity contribution is -0.139. The van der Waals surface area contributed by atoms with Crippen molar-refractivity contribution in [3.8, 4) is 0 Å². The van der Waals surface area contributed by atoms with Crippen molar-refractivity contribution in [1.29, 1.82) is 0 Å². The number of amides is 1. The SMILES string of the molecule is O=C(C1CCCCCC1)N1CCNCC1c1cccc(F)c1. The van der Waals surface area contributed by atoms with Crippen molar-refractivity contribution in [1.82, 2.24) is 10.2 Å². The van der Waals surface area contributed by atoms with Crippen LogP contribution in [0.5, 0.6) is 0 Å². The van der Waals surface area contributed by atoms with Gasteiger partial charge < -0.3 is 10.2 Å². The van der Waals surface area contributed by atoms with Gasteiger partial charge in [0, 0.05) is 25.6 Å². The van der Waals surface area contributed by atoms with Crippen molar-refractivity contribution in [2.45, 2.75) is 44.6 Å². The molecule has 0 spiro atoms. The molecule has 3 rings (SSSR count). The number of benzene rings is 1. The summed E-state index contributed by atoms with van der Waals surface area (Å²) >= 11 is 0. The van der Waals surface area contributed by atoms with E-state index in [1.54, 1.807) is 12.1 Å². The molecule has 1 aromatic rings. The lowest BCUT2D eigenvalue weighted by Gasteiger charge is -2.38. The molecule has 0 aromatic heterocycles. The number of carbonyl (C=O) groups excluding carboxylic acids is 1. The number of rotatable bonds is 2. The molecule has 0 radical (unpaired) electrons. The van der Waals surface area contributed by atoms with Gasteiger partial charge in [0.25, 0.3) is 0 Å². The van der Waals surface area contributed by atoms with E-state index in [9.17, 15) is 9.18 Å². The van der Waals surface area contributed by atoms with E-state index in [0.717, 1.165) is 44.3 Å². The Morgan fingerprint density at radius 1 is 1.18 bits per heavy atom. The Bertz CT molecular complexity index is 512. The lowest BCUT2D eigenvalue weighted by Crippen LogP contribution is -2.50. The third-order valence-corrected chi connectivity index (χ3v) is 4.96. The van der Waals surface area contributed by atoms with Gasteiger partial charge in [-0.2, -0.15) is 0 Å². The second kappa shape index (κ2) is 7.23. The molecule has 1 aliphatic heterocycles. The molecule has 22 heavy (non-hydrogen) atoms. The van der Waals surface area contributed by atoms with Crippen LogP contribution < -0.4 is 5.32 Å². The van der Waals surface area contributed by atoms with Gasteiger partial charge in [-0.3, -0.25) is 4.79 Å². The largest absolute Gasteiger partial charge is 0.333 e. The lowest BCUT2D eigenvalue weighted by atomic mass is 9.95. The first kappa shape index (κ1) is 15.5. The Kier molecular flexibility index (Phi) is 5.08. The fourth-order valence-corrected chi connectivity index (χ4v) is 3.74. The van der Waals surface area contributed by atoms with Crippen molar-refractivity contribution in [3.05, 3.63) is 35.6 Å². The minimum atomic E-state index is -0.232. The highest BCUT2D eigenvalue weighted by atomic mass is 19.1. The van der Waals surface area contributed by atoms with Crippen LogP contribution in [0.1, 0.15) is 50.1 Å². The first-order valence-corrected chi connectivity index (χ1v) is 8.52. The molecule has 120 valence electrons. The topological polar surface area (TPSA) is 32.3 Å². The van der Waals surface area contributed by atoms with Gasteiger partial charge in [0.1, 0.15) is 5.82 Å². The van der Waals surface area contributed by atoms with E-state index < -0.39 is 0 Å². The van der Waals surface area contributed by atoms with Gasteiger partial charge in [0.2, 0.25) is 5.91 Å². The minimum absolute atomic E-state index is 0.0415. The molecule has 4 heteroatoms. The predicted molar refractivity (Wildman–Crippen MR) is 84.9 cm³/mol. The highest BCUT2D eigenvalue weighted by molar-refractivity contribution is 5.79. The van der Waals surface area contributed by atoms with E-state index in [2.05, 4.69) is 5.32 Å². The molecule has 2 aliphatic rings. The number of hydrogen-bond acceptors (Lipinski definition) is 2. The molecule has 1 unspecified atom stereocenters. The van der Waals surface area contributed by atoms with Crippen molar-refractivity contribution in [2.75, 3.05) is 19.6 Å². The number of halogens is 1. The number of nitrogens with zero attached hydrogens (tertiary/aromatic N) is 1. The molecule has 1 atom stereocenters. The Labute approximate surface area is 131 Å². The zero-order valence-corrected chi connectivity index (χ0v) is 13.1. The number of piperazine rings is 1. The summed E-state index contributed by atoms with van der Waals surface area (Å²) in [6.07, 6.45) is 6.84. The third-order valence-electron chi connectivity index (χ3n) is 4.96. The Hall–Kier alpha value is -1.42.